The number of piperidine rings is 1. The molecule has 0 saturated carbocycles. The number of esters is 1. The molecule has 0 unspecified atom stereocenters. The van der Waals surface area contributed by atoms with Crippen molar-refractivity contribution in [1.29, 1.82) is 0 Å². The Labute approximate surface area is 185 Å². The van der Waals surface area contributed by atoms with Crippen LogP contribution in [0.2, 0.25) is 10.0 Å². The number of nitrogens with zero attached hydrogens (tertiary/aromatic N) is 2. The number of benzene rings is 1. The van der Waals surface area contributed by atoms with E-state index in [0.717, 1.165) is 12.8 Å². The van der Waals surface area contributed by atoms with Gasteiger partial charge in [-0.2, -0.15) is 0 Å². The molecule has 1 aromatic heterocycles. The van der Waals surface area contributed by atoms with Gasteiger partial charge in [-0.15, -0.1) is 0 Å². The van der Waals surface area contributed by atoms with E-state index in [1.54, 1.807) is 49.5 Å². The highest BCUT2D eigenvalue weighted by Crippen LogP contribution is 2.24. The Bertz CT molecular complexity index is 924. The second-order valence-electron chi connectivity index (χ2n) is 6.90. The van der Waals surface area contributed by atoms with Crippen LogP contribution in [0.4, 0.5) is 5.82 Å². The first-order valence-corrected chi connectivity index (χ1v) is 10.5. The lowest BCUT2D eigenvalue weighted by atomic mass is 10.0. The van der Waals surface area contributed by atoms with Crippen LogP contribution in [-0.4, -0.2) is 47.5 Å². The van der Waals surface area contributed by atoms with E-state index in [1.807, 2.05) is 4.90 Å². The molecule has 1 saturated heterocycles. The molecule has 1 aromatic carbocycles. The van der Waals surface area contributed by atoms with E-state index in [1.165, 1.54) is 6.08 Å². The van der Waals surface area contributed by atoms with Crippen LogP contribution in [0.1, 0.15) is 35.7 Å². The molecule has 2 heterocycles. The van der Waals surface area contributed by atoms with Crippen molar-refractivity contribution in [3.05, 3.63) is 63.8 Å². The number of nitrogens with one attached hydrogen (secondary N) is 1. The molecule has 0 atom stereocenters. The summed E-state index contributed by atoms with van der Waals surface area (Å²) in [6, 6.07) is 8.86. The third-order valence-electron chi connectivity index (χ3n) is 4.77. The Morgan fingerprint density at radius 2 is 1.93 bits per heavy atom. The molecule has 158 valence electrons. The first kappa shape index (κ1) is 22.1. The highest BCUT2D eigenvalue weighted by Gasteiger charge is 2.24. The number of pyridine rings is 1. The summed E-state index contributed by atoms with van der Waals surface area (Å²) in [6.45, 7) is 3.38. The van der Waals surface area contributed by atoms with E-state index in [9.17, 15) is 9.59 Å². The monoisotopic (exact) mass is 447 g/mol. The molecule has 1 aliphatic rings. The third kappa shape index (κ3) is 5.97. The lowest BCUT2D eigenvalue weighted by Gasteiger charge is -2.33. The van der Waals surface area contributed by atoms with Crippen LogP contribution in [0.15, 0.2) is 42.6 Å². The van der Waals surface area contributed by atoms with Crippen LogP contribution < -0.4 is 5.32 Å². The number of hydrogen-bond donors (Lipinski definition) is 1. The van der Waals surface area contributed by atoms with Crippen molar-refractivity contribution < 1.29 is 14.3 Å². The molecule has 0 aliphatic carbocycles. The van der Waals surface area contributed by atoms with Gasteiger partial charge >= 0.3 is 5.97 Å². The molecule has 1 N–H and O–H groups in total. The number of carbonyl (C=O) groups excluding carboxylic acids is 2. The average molecular weight is 448 g/mol. The summed E-state index contributed by atoms with van der Waals surface area (Å²) in [6.07, 6.45) is 6.19. The Morgan fingerprint density at radius 1 is 1.23 bits per heavy atom. The third-order valence-corrected chi connectivity index (χ3v) is 5.32. The Morgan fingerprint density at radius 3 is 2.57 bits per heavy atom. The molecule has 0 spiro atoms. The Kier molecular flexibility index (Phi) is 7.71. The summed E-state index contributed by atoms with van der Waals surface area (Å²) in [5.74, 6) is 0.196. The highest BCUT2D eigenvalue weighted by molar-refractivity contribution is 6.33. The zero-order valence-electron chi connectivity index (χ0n) is 16.6. The predicted molar refractivity (Wildman–Crippen MR) is 119 cm³/mol. The van der Waals surface area contributed by atoms with Gasteiger partial charge in [0.25, 0.3) is 5.91 Å². The largest absolute Gasteiger partial charge is 0.463 e. The van der Waals surface area contributed by atoms with Gasteiger partial charge < -0.3 is 15.0 Å². The predicted octanol–water partition coefficient (Wildman–Crippen LogP) is 4.68. The quantitative estimate of drug-likeness (QED) is 0.513. The van der Waals surface area contributed by atoms with Crippen LogP contribution in [0, 0.1) is 0 Å². The van der Waals surface area contributed by atoms with Crippen molar-refractivity contribution in [3.63, 3.8) is 0 Å². The molecule has 1 amide bonds. The molecular formula is C22H23Cl2N3O3. The van der Waals surface area contributed by atoms with Gasteiger partial charge in [0.1, 0.15) is 5.82 Å². The van der Waals surface area contributed by atoms with Crippen molar-refractivity contribution >= 4 is 47.0 Å². The lowest BCUT2D eigenvalue weighted by Crippen LogP contribution is -2.42. The van der Waals surface area contributed by atoms with Gasteiger partial charge in [0.2, 0.25) is 0 Å². The number of aromatic nitrogens is 1. The summed E-state index contributed by atoms with van der Waals surface area (Å²) in [5, 5.41) is 4.44. The van der Waals surface area contributed by atoms with Crippen LogP contribution in [0.5, 0.6) is 0 Å². The van der Waals surface area contributed by atoms with E-state index in [0.29, 0.717) is 46.7 Å². The second-order valence-corrected chi connectivity index (χ2v) is 7.75. The maximum atomic E-state index is 12.6. The number of amides is 1. The maximum absolute atomic E-state index is 12.6. The summed E-state index contributed by atoms with van der Waals surface area (Å²) in [4.78, 5) is 30.2. The van der Waals surface area contributed by atoms with Crippen molar-refractivity contribution in [2.45, 2.75) is 25.8 Å². The minimum absolute atomic E-state index is 0.0130. The number of likely N-dealkylation sites (tertiary alicyclic amines) is 1. The normalized spacial score (nSPS) is 14.7. The number of hydrogen-bond acceptors (Lipinski definition) is 5. The molecule has 3 rings (SSSR count). The summed E-state index contributed by atoms with van der Waals surface area (Å²) in [7, 11) is 0. The molecule has 1 aliphatic heterocycles. The van der Waals surface area contributed by atoms with E-state index in [4.69, 9.17) is 27.9 Å². The smallest absolute Gasteiger partial charge is 0.330 e. The first-order valence-electron chi connectivity index (χ1n) is 9.78. The molecular weight excluding hydrogens is 425 g/mol. The van der Waals surface area contributed by atoms with Gasteiger partial charge in [-0.05, 0) is 61.7 Å². The van der Waals surface area contributed by atoms with E-state index in [2.05, 4.69) is 10.3 Å². The zero-order valence-corrected chi connectivity index (χ0v) is 18.1. The van der Waals surface area contributed by atoms with E-state index < -0.39 is 5.97 Å². The number of halogens is 2. The van der Waals surface area contributed by atoms with Crippen LogP contribution in [-0.2, 0) is 9.53 Å². The van der Waals surface area contributed by atoms with Gasteiger partial charge in [0.15, 0.2) is 0 Å². The molecule has 6 nitrogen and oxygen atoms in total. The van der Waals surface area contributed by atoms with Crippen molar-refractivity contribution in [2.24, 2.45) is 0 Å². The first-order chi connectivity index (χ1) is 14.5. The van der Waals surface area contributed by atoms with Crippen LogP contribution >= 0.6 is 23.2 Å². The summed E-state index contributed by atoms with van der Waals surface area (Å²) in [5.41, 5.74) is 1.35. The van der Waals surface area contributed by atoms with Crippen molar-refractivity contribution in [2.75, 3.05) is 25.0 Å². The Hall–Kier alpha value is -2.57. The minimum atomic E-state index is -0.407. The van der Waals surface area contributed by atoms with Crippen LogP contribution in [0.25, 0.3) is 6.08 Å². The SMILES string of the molecule is CCOC(=O)C=Cc1cnc(NC2CCN(C(=O)c3ccc(Cl)cc3)CC2)c(Cl)c1. The number of carbonyl (C=O) groups is 2. The fourth-order valence-corrected chi connectivity index (χ4v) is 3.56. The number of anilines is 1. The van der Waals surface area contributed by atoms with Gasteiger partial charge in [0, 0.05) is 42.0 Å². The van der Waals surface area contributed by atoms with Crippen LogP contribution in [0.3, 0.4) is 0 Å². The zero-order chi connectivity index (χ0) is 21.5. The van der Waals surface area contributed by atoms with Gasteiger partial charge in [-0.1, -0.05) is 23.2 Å². The molecule has 8 heteroatoms. The average Bonchev–Trinajstić information content (AvgIpc) is 2.75. The summed E-state index contributed by atoms with van der Waals surface area (Å²) >= 11 is 12.2. The molecule has 0 radical (unpaired) electrons. The van der Waals surface area contributed by atoms with Crippen molar-refractivity contribution in [3.8, 4) is 0 Å². The Balaban J connectivity index is 1.54. The van der Waals surface area contributed by atoms with E-state index >= 15 is 0 Å². The maximum Gasteiger partial charge on any atom is 0.330 e. The second kappa shape index (κ2) is 10.5. The number of rotatable bonds is 6. The fourth-order valence-electron chi connectivity index (χ4n) is 3.20. The molecule has 30 heavy (non-hydrogen) atoms. The van der Waals surface area contributed by atoms with Gasteiger partial charge in [-0.25, -0.2) is 9.78 Å². The minimum Gasteiger partial charge on any atom is -0.463 e. The number of ether oxygens (including phenoxy) is 1. The van der Waals surface area contributed by atoms with Gasteiger partial charge in [0.05, 0.1) is 11.6 Å². The van der Waals surface area contributed by atoms with E-state index in [-0.39, 0.29) is 11.9 Å². The van der Waals surface area contributed by atoms with Crippen molar-refractivity contribution in [1.82, 2.24) is 9.88 Å². The lowest BCUT2D eigenvalue weighted by molar-refractivity contribution is -0.137. The molecule has 1 fully saturated rings. The summed E-state index contributed by atoms with van der Waals surface area (Å²) < 4.78 is 4.85. The highest BCUT2D eigenvalue weighted by atomic mass is 35.5. The molecule has 2 aromatic rings. The molecule has 0 bridgehead atoms. The fraction of sp³-hybridized carbons (Fsp3) is 0.318. The topological polar surface area (TPSA) is 71.5 Å². The standard InChI is InChI=1S/C22H23Cl2N3O3/c1-2-30-20(28)8-3-15-13-19(24)21(25-14-15)26-18-9-11-27(12-10-18)22(29)16-4-6-17(23)7-5-16/h3-8,13-14,18H,2,9-12H2,1H3,(H,25,26). The van der Waals surface area contributed by atoms with Gasteiger partial charge in [-0.3, -0.25) is 4.79 Å².